The summed E-state index contributed by atoms with van der Waals surface area (Å²) in [5.41, 5.74) is 0.851. The second-order valence-corrected chi connectivity index (χ2v) is 7.15. The Labute approximate surface area is 147 Å². The summed E-state index contributed by atoms with van der Waals surface area (Å²) in [6.07, 6.45) is 17.1. The van der Waals surface area contributed by atoms with E-state index in [1.807, 2.05) is 12.2 Å². The standard InChI is InChI=1S/C17H25BrClNO2/c1-22-17(21)16-14(20-16)12-10-8-6-4-2-3-5-7-9-11-13-15(18)19/h10,12-13,16H,2-9,11H2,1H3/b12-10-,15-13+/t16-/m1/s1. The van der Waals surface area contributed by atoms with Gasteiger partial charge in [0.15, 0.2) is 6.04 Å². The molecule has 0 amide bonds. The molecule has 0 fully saturated rings. The third-order valence-corrected chi connectivity index (χ3v) is 4.06. The first-order valence-electron chi connectivity index (χ1n) is 7.98. The van der Waals surface area contributed by atoms with Gasteiger partial charge in [0.25, 0.3) is 0 Å². The molecule has 0 bridgehead atoms. The molecule has 22 heavy (non-hydrogen) atoms. The van der Waals surface area contributed by atoms with Crippen LogP contribution in [0, 0.1) is 0 Å². The number of esters is 1. The zero-order valence-corrected chi connectivity index (χ0v) is 15.5. The highest BCUT2D eigenvalue weighted by molar-refractivity contribution is 9.12. The first-order chi connectivity index (χ1) is 10.6. The fourth-order valence-electron chi connectivity index (χ4n) is 2.24. The Morgan fingerprint density at radius 3 is 2.36 bits per heavy atom. The molecule has 3 nitrogen and oxygen atoms in total. The summed E-state index contributed by atoms with van der Waals surface area (Å²) in [4.78, 5) is 15.2. The summed E-state index contributed by atoms with van der Waals surface area (Å²) in [5.74, 6) is -0.256. The molecule has 1 rings (SSSR count). The fraction of sp³-hybridized carbons (Fsp3) is 0.647. The molecule has 0 N–H and O–H groups in total. The second-order valence-electron chi connectivity index (χ2n) is 5.43. The van der Waals surface area contributed by atoms with Gasteiger partial charge in [0.1, 0.15) is 0 Å². The van der Waals surface area contributed by atoms with E-state index in [9.17, 15) is 4.79 Å². The number of carbonyl (C=O) groups is 1. The number of aliphatic imine (C=N–C) groups is 1. The number of halogens is 2. The lowest BCUT2D eigenvalue weighted by molar-refractivity contribution is -0.139. The molecular formula is C17H25BrClNO2. The van der Waals surface area contributed by atoms with Gasteiger partial charge in [-0.2, -0.15) is 0 Å². The lowest BCUT2D eigenvalue weighted by Crippen LogP contribution is -2.12. The largest absolute Gasteiger partial charge is 0.467 e. The summed E-state index contributed by atoms with van der Waals surface area (Å²) in [6, 6.07) is -0.324. The van der Waals surface area contributed by atoms with Crippen LogP contribution in [0.3, 0.4) is 0 Å². The van der Waals surface area contributed by atoms with Gasteiger partial charge < -0.3 is 4.74 Å². The summed E-state index contributed by atoms with van der Waals surface area (Å²) in [6.45, 7) is 0. The molecule has 124 valence electrons. The van der Waals surface area contributed by atoms with Crippen molar-refractivity contribution in [2.75, 3.05) is 7.11 Å². The van der Waals surface area contributed by atoms with Gasteiger partial charge in [-0.05, 0) is 47.7 Å². The molecule has 1 aliphatic rings. The molecule has 0 spiro atoms. The van der Waals surface area contributed by atoms with E-state index in [0.717, 1.165) is 22.5 Å². The van der Waals surface area contributed by atoms with Gasteiger partial charge in [-0.3, -0.25) is 4.99 Å². The van der Waals surface area contributed by atoms with E-state index in [4.69, 9.17) is 11.6 Å². The topological polar surface area (TPSA) is 38.7 Å². The second kappa shape index (κ2) is 11.9. The Balaban J connectivity index is 1.84. The quantitative estimate of drug-likeness (QED) is 0.325. The van der Waals surface area contributed by atoms with Crippen molar-refractivity contribution in [2.45, 2.75) is 63.8 Å². The predicted octanol–water partition coefficient (Wildman–Crippen LogP) is 5.52. The lowest BCUT2D eigenvalue weighted by atomic mass is 10.1. The fourth-order valence-corrected chi connectivity index (χ4v) is 2.57. The highest BCUT2D eigenvalue weighted by Gasteiger charge is 2.33. The SMILES string of the molecule is COC(=O)[C@@H]1N=C1/C=C\CCCCCCCCC/C=C(/Cl)Br. The van der Waals surface area contributed by atoms with Crippen molar-refractivity contribution in [3.63, 3.8) is 0 Å². The maximum atomic E-state index is 11.1. The molecule has 0 saturated heterocycles. The van der Waals surface area contributed by atoms with Gasteiger partial charge in [-0.25, -0.2) is 4.79 Å². The van der Waals surface area contributed by atoms with Crippen LogP contribution in [-0.2, 0) is 9.53 Å². The van der Waals surface area contributed by atoms with Gasteiger partial charge in [-0.1, -0.05) is 55.9 Å². The van der Waals surface area contributed by atoms with Gasteiger partial charge in [0.2, 0.25) is 0 Å². The van der Waals surface area contributed by atoms with E-state index >= 15 is 0 Å². The number of carbonyl (C=O) groups excluding carboxylic acids is 1. The highest BCUT2D eigenvalue weighted by Crippen LogP contribution is 2.16. The van der Waals surface area contributed by atoms with Gasteiger partial charge in [-0.15, -0.1) is 0 Å². The highest BCUT2D eigenvalue weighted by atomic mass is 79.9. The summed E-state index contributed by atoms with van der Waals surface area (Å²) in [5, 5.41) is 0. The van der Waals surface area contributed by atoms with Crippen molar-refractivity contribution in [3.05, 3.63) is 22.2 Å². The average molecular weight is 391 g/mol. The molecule has 0 aromatic heterocycles. The molecule has 0 unspecified atom stereocenters. The van der Waals surface area contributed by atoms with Crippen LogP contribution in [0.2, 0.25) is 0 Å². The van der Waals surface area contributed by atoms with Gasteiger partial charge >= 0.3 is 5.97 Å². The minimum atomic E-state index is -0.324. The molecule has 1 aliphatic heterocycles. The zero-order chi connectivity index (χ0) is 16.2. The number of rotatable bonds is 12. The van der Waals surface area contributed by atoms with Crippen LogP contribution in [-0.4, -0.2) is 24.8 Å². The Kier molecular flexibility index (Phi) is 10.5. The van der Waals surface area contributed by atoms with E-state index < -0.39 is 0 Å². The molecular weight excluding hydrogens is 366 g/mol. The van der Waals surface area contributed by atoms with Crippen LogP contribution < -0.4 is 0 Å². The molecule has 0 aromatic carbocycles. The van der Waals surface area contributed by atoms with Crippen molar-refractivity contribution in [1.29, 1.82) is 0 Å². The van der Waals surface area contributed by atoms with Crippen molar-refractivity contribution >= 4 is 39.2 Å². The summed E-state index contributed by atoms with van der Waals surface area (Å²) >= 11 is 8.91. The monoisotopic (exact) mass is 389 g/mol. The zero-order valence-electron chi connectivity index (χ0n) is 13.2. The van der Waals surface area contributed by atoms with Crippen LogP contribution in [0.4, 0.5) is 0 Å². The van der Waals surface area contributed by atoms with Crippen LogP contribution in [0.15, 0.2) is 27.2 Å². The van der Waals surface area contributed by atoms with E-state index in [0.29, 0.717) is 0 Å². The third-order valence-electron chi connectivity index (χ3n) is 3.58. The van der Waals surface area contributed by atoms with Crippen molar-refractivity contribution < 1.29 is 9.53 Å². The van der Waals surface area contributed by atoms with E-state index in [1.165, 1.54) is 52.1 Å². The molecule has 1 heterocycles. The molecule has 0 saturated carbocycles. The Hall–Kier alpha value is -0.610. The Bertz CT molecular complexity index is 428. The van der Waals surface area contributed by atoms with E-state index in [2.05, 4.69) is 31.7 Å². The minimum absolute atomic E-state index is 0.256. The predicted molar refractivity (Wildman–Crippen MR) is 96.8 cm³/mol. The lowest BCUT2D eigenvalue weighted by Gasteiger charge is -2.00. The number of methoxy groups -OCH3 is 1. The van der Waals surface area contributed by atoms with Crippen molar-refractivity contribution in [3.8, 4) is 0 Å². The summed E-state index contributed by atoms with van der Waals surface area (Å²) < 4.78 is 5.34. The molecule has 5 heteroatoms. The normalized spacial score (nSPS) is 17.7. The first kappa shape index (κ1) is 19.4. The van der Waals surface area contributed by atoms with Gasteiger partial charge in [0.05, 0.1) is 16.8 Å². The Morgan fingerprint density at radius 2 is 1.77 bits per heavy atom. The Morgan fingerprint density at radius 1 is 1.18 bits per heavy atom. The maximum absolute atomic E-state index is 11.1. The molecule has 0 radical (unpaired) electrons. The number of unbranched alkanes of at least 4 members (excludes halogenated alkanes) is 8. The van der Waals surface area contributed by atoms with Crippen molar-refractivity contribution in [2.24, 2.45) is 4.99 Å². The molecule has 1 atom stereocenters. The number of ether oxygens (including phenoxy) is 1. The number of hydrogen-bond donors (Lipinski definition) is 0. The summed E-state index contributed by atoms with van der Waals surface area (Å²) in [7, 11) is 1.39. The smallest absolute Gasteiger partial charge is 0.336 e. The van der Waals surface area contributed by atoms with Crippen molar-refractivity contribution in [1.82, 2.24) is 0 Å². The average Bonchev–Trinajstić information content (AvgIpc) is 3.26. The third kappa shape index (κ3) is 9.42. The van der Waals surface area contributed by atoms with Crippen LogP contribution >= 0.6 is 27.5 Å². The first-order valence-corrected chi connectivity index (χ1v) is 9.15. The van der Waals surface area contributed by atoms with E-state index in [-0.39, 0.29) is 12.0 Å². The number of hydrogen-bond acceptors (Lipinski definition) is 3. The van der Waals surface area contributed by atoms with E-state index in [1.54, 1.807) is 0 Å². The maximum Gasteiger partial charge on any atom is 0.336 e. The van der Waals surface area contributed by atoms with Crippen LogP contribution in [0.1, 0.15) is 57.8 Å². The van der Waals surface area contributed by atoms with Crippen LogP contribution in [0.25, 0.3) is 0 Å². The molecule has 0 aromatic rings. The number of allylic oxidation sites excluding steroid dienone is 2. The van der Waals surface area contributed by atoms with Crippen LogP contribution in [0.5, 0.6) is 0 Å². The number of nitrogens with zero attached hydrogens (tertiary/aromatic N) is 1. The minimum Gasteiger partial charge on any atom is -0.467 e. The van der Waals surface area contributed by atoms with Gasteiger partial charge in [0, 0.05) is 0 Å². The molecule has 0 aliphatic carbocycles.